The molecule has 1 saturated heterocycles. The van der Waals surface area contributed by atoms with E-state index in [1.54, 1.807) is 19.4 Å². The summed E-state index contributed by atoms with van der Waals surface area (Å²) in [5.74, 6) is 0.937. The summed E-state index contributed by atoms with van der Waals surface area (Å²) in [5, 5.41) is 0. The molecule has 3 heterocycles. The Kier molecular flexibility index (Phi) is 4.70. The van der Waals surface area contributed by atoms with Crippen molar-refractivity contribution in [2.24, 2.45) is 14.1 Å². The monoisotopic (exact) mass is 367 g/mol. The summed E-state index contributed by atoms with van der Waals surface area (Å²) >= 11 is 0. The molecule has 1 aliphatic heterocycles. The molecule has 0 N–H and O–H groups in total. The van der Waals surface area contributed by atoms with Crippen molar-refractivity contribution >= 4 is 9.84 Å². The number of furan rings is 1. The summed E-state index contributed by atoms with van der Waals surface area (Å²) in [6, 6.07) is 4.83. The third-order valence-corrected chi connectivity index (χ3v) is 6.40. The molecule has 9 heteroatoms. The molecule has 1 aliphatic rings. The van der Waals surface area contributed by atoms with E-state index in [1.807, 2.05) is 11.0 Å². The Morgan fingerprint density at radius 3 is 2.60 bits per heavy atom. The lowest BCUT2D eigenvalue weighted by Crippen LogP contribution is -2.41. The Morgan fingerprint density at radius 2 is 2.00 bits per heavy atom. The van der Waals surface area contributed by atoms with Gasteiger partial charge in [-0.3, -0.25) is 18.8 Å². The molecule has 0 aromatic carbocycles. The summed E-state index contributed by atoms with van der Waals surface area (Å²) in [4.78, 5) is 26.0. The van der Waals surface area contributed by atoms with Crippen LogP contribution in [0.15, 0.2) is 38.5 Å². The fraction of sp³-hybridized carbons (Fsp3) is 0.500. The van der Waals surface area contributed by atoms with E-state index >= 15 is 0 Å². The zero-order valence-electron chi connectivity index (χ0n) is 14.2. The summed E-state index contributed by atoms with van der Waals surface area (Å²) in [6.45, 7) is 0.708. The lowest BCUT2D eigenvalue weighted by atomic mass is 10.2. The highest BCUT2D eigenvalue weighted by molar-refractivity contribution is 7.91. The van der Waals surface area contributed by atoms with Gasteiger partial charge in [0.05, 0.1) is 24.3 Å². The number of hydrogen-bond acceptors (Lipinski definition) is 6. The Bertz CT molecular complexity index is 972. The molecule has 25 heavy (non-hydrogen) atoms. The van der Waals surface area contributed by atoms with Crippen LogP contribution in [0.4, 0.5) is 0 Å². The third kappa shape index (κ3) is 3.77. The Hall–Kier alpha value is -2.13. The third-order valence-electron chi connectivity index (χ3n) is 4.65. The predicted molar refractivity (Wildman–Crippen MR) is 91.9 cm³/mol. The van der Waals surface area contributed by atoms with Gasteiger partial charge in [0.25, 0.3) is 5.56 Å². The first-order chi connectivity index (χ1) is 11.8. The normalized spacial score (nSPS) is 19.6. The van der Waals surface area contributed by atoms with Gasteiger partial charge >= 0.3 is 5.69 Å². The maximum Gasteiger partial charge on any atom is 0.330 e. The van der Waals surface area contributed by atoms with E-state index in [4.69, 9.17) is 4.42 Å². The molecular formula is C16H21N3O5S. The molecule has 0 bridgehead atoms. The smallest absolute Gasteiger partial charge is 0.330 e. The number of aromatic nitrogens is 2. The summed E-state index contributed by atoms with van der Waals surface area (Å²) < 4.78 is 31.6. The molecule has 2 aromatic rings. The highest BCUT2D eigenvalue weighted by Crippen LogP contribution is 2.22. The quantitative estimate of drug-likeness (QED) is 0.730. The second kappa shape index (κ2) is 6.64. The SMILES string of the molecule is Cn1c(CN(Cc2ccco2)[C@@H]2CCS(=O)(=O)C2)cc(=O)n(C)c1=O. The van der Waals surface area contributed by atoms with Crippen LogP contribution in [0.25, 0.3) is 0 Å². The number of sulfone groups is 1. The van der Waals surface area contributed by atoms with Crippen LogP contribution >= 0.6 is 0 Å². The Labute approximate surface area is 145 Å². The molecule has 0 saturated carbocycles. The molecule has 136 valence electrons. The van der Waals surface area contributed by atoms with Crippen molar-refractivity contribution in [1.29, 1.82) is 0 Å². The first kappa shape index (κ1) is 17.7. The molecule has 8 nitrogen and oxygen atoms in total. The molecule has 0 amide bonds. The number of nitrogens with zero attached hydrogens (tertiary/aromatic N) is 3. The van der Waals surface area contributed by atoms with Crippen LogP contribution in [0.3, 0.4) is 0 Å². The standard InChI is InChI=1S/C16H21N3O5S/c1-17-13(8-15(20)18(2)16(17)21)9-19(10-14-4-3-6-24-14)12-5-7-25(22,23)11-12/h3-4,6,8,12H,5,7,9-11H2,1-2H3/t12-/m1/s1. The molecule has 1 atom stereocenters. The maximum atomic E-state index is 12.1. The molecule has 0 radical (unpaired) electrons. The van der Waals surface area contributed by atoms with E-state index in [1.165, 1.54) is 17.7 Å². The highest BCUT2D eigenvalue weighted by Gasteiger charge is 2.33. The second-order valence-electron chi connectivity index (χ2n) is 6.42. The number of hydrogen-bond donors (Lipinski definition) is 0. The second-order valence-corrected chi connectivity index (χ2v) is 8.64. The van der Waals surface area contributed by atoms with Crippen molar-refractivity contribution in [3.63, 3.8) is 0 Å². The van der Waals surface area contributed by atoms with Crippen molar-refractivity contribution in [1.82, 2.24) is 14.0 Å². The largest absolute Gasteiger partial charge is 0.468 e. The Morgan fingerprint density at radius 1 is 1.24 bits per heavy atom. The van der Waals surface area contributed by atoms with Crippen molar-refractivity contribution in [2.45, 2.75) is 25.6 Å². The van der Waals surface area contributed by atoms with Gasteiger partial charge in [-0.05, 0) is 18.6 Å². The lowest BCUT2D eigenvalue weighted by molar-refractivity contribution is 0.174. The fourth-order valence-electron chi connectivity index (χ4n) is 3.12. The van der Waals surface area contributed by atoms with Crippen LogP contribution in [0.5, 0.6) is 0 Å². The van der Waals surface area contributed by atoms with Crippen LogP contribution in [0, 0.1) is 0 Å². The van der Waals surface area contributed by atoms with Gasteiger partial charge < -0.3 is 4.42 Å². The average Bonchev–Trinajstić information content (AvgIpc) is 3.19. The van der Waals surface area contributed by atoms with Gasteiger partial charge in [-0.25, -0.2) is 13.2 Å². The van der Waals surface area contributed by atoms with Crippen LogP contribution in [0.2, 0.25) is 0 Å². The zero-order valence-corrected chi connectivity index (χ0v) is 15.0. The van der Waals surface area contributed by atoms with Crippen molar-refractivity contribution in [3.05, 3.63) is 56.8 Å². The minimum atomic E-state index is -3.05. The molecule has 0 aliphatic carbocycles. The van der Waals surface area contributed by atoms with E-state index in [2.05, 4.69) is 0 Å². The van der Waals surface area contributed by atoms with Crippen LogP contribution in [-0.2, 0) is 37.0 Å². The van der Waals surface area contributed by atoms with Gasteiger partial charge in [0.15, 0.2) is 9.84 Å². The minimum Gasteiger partial charge on any atom is -0.468 e. The first-order valence-corrected chi connectivity index (χ1v) is 9.82. The van der Waals surface area contributed by atoms with E-state index in [9.17, 15) is 18.0 Å². The van der Waals surface area contributed by atoms with Gasteiger partial charge in [0, 0.05) is 38.4 Å². The summed E-state index contributed by atoms with van der Waals surface area (Å²) in [5.41, 5.74) is -0.237. The van der Waals surface area contributed by atoms with Crippen molar-refractivity contribution in [2.75, 3.05) is 11.5 Å². The predicted octanol–water partition coefficient (Wildman–Crippen LogP) is -0.134. The maximum absolute atomic E-state index is 12.1. The molecular weight excluding hydrogens is 346 g/mol. The average molecular weight is 367 g/mol. The highest BCUT2D eigenvalue weighted by atomic mass is 32.2. The van der Waals surface area contributed by atoms with E-state index < -0.39 is 15.5 Å². The van der Waals surface area contributed by atoms with Crippen molar-refractivity contribution < 1.29 is 12.8 Å². The number of rotatable bonds is 5. The topological polar surface area (TPSA) is 94.5 Å². The molecule has 0 unspecified atom stereocenters. The van der Waals surface area contributed by atoms with Crippen molar-refractivity contribution in [3.8, 4) is 0 Å². The fourth-order valence-corrected chi connectivity index (χ4v) is 4.88. The van der Waals surface area contributed by atoms with Crippen LogP contribution < -0.4 is 11.2 Å². The summed E-state index contributed by atoms with van der Waals surface area (Å²) in [7, 11) is -0.0176. The van der Waals surface area contributed by atoms with Gasteiger partial charge in [-0.1, -0.05) is 0 Å². The molecule has 3 rings (SSSR count). The van der Waals surface area contributed by atoms with Crippen LogP contribution in [-0.4, -0.2) is 40.0 Å². The first-order valence-electron chi connectivity index (χ1n) is 7.99. The van der Waals surface area contributed by atoms with E-state index in [0.29, 0.717) is 31.0 Å². The van der Waals surface area contributed by atoms with E-state index in [0.717, 1.165) is 4.57 Å². The Balaban J connectivity index is 1.93. The van der Waals surface area contributed by atoms with Gasteiger partial charge in [-0.15, -0.1) is 0 Å². The van der Waals surface area contributed by atoms with Gasteiger partial charge in [0.1, 0.15) is 5.76 Å². The van der Waals surface area contributed by atoms with E-state index in [-0.39, 0.29) is 23.1 Å². The van der Waals surface area contributed by atoms with Gasteiger partial charge in [-0.2, -0.15) is 0 Å². The molecule has 1 fully saturated rings. The molecule has 2 aromatic heterocycles. The summed E-state index contributed by atoms with van der Waals surface area (Å²) in [6.07, 6.45) is 2.09. The van der Waals surface area contributed by atoms with Gasteiger partial charge in [0.2, 0.25) is 0 Å². The minimum absolute atomic E-state index is 0.0759. The van der Waals surface area contributed by atoms with Crippen LogP contribution in [0.1, 0.15) is 17.9 Å². The zero-order chi connectivity index (χ0) is 18.2. The lowest BCUT2D eigenvalue weighted by Gasteiger charge is -2.27. The molecule has 0 spiro atoms.